The lowest BCUT2D eigenvalue weighted by molar-refractivity contribution is -0.117. The van der Waals surface area contributed by atoms with Gasteiger partial charge < -0.3 is 10.2 Å². The summed E-state index contributed by atoms with van der Waals surface area (Å²) in [4.78, 5) is 12.1. The Kier molecular flexibility index (Phi) is 6.08. The number of hydrazone groups is 1. The van der Waals surface area contributed by atoms with Crippen LogP contribution in [-0.4, -0.2) is 28.9 Å². The quantitative estimate of drug-likeness (QED) is 0.435. The lowest BCUT2D eigenvalue weighted by atomic mass is 10.1. The van der Waals surface area contributed by atoms with E-state index in [0.29, 0.717) is 11.1 Å². The molecule has 23 heavy (non-hydrogen) atoms. The Balaban J connectivity index is 2.07. The number of rotatable bonds is 6. The largest absolute Gasteiger partial charge is 0.507 e. The van der Waals surface area contributed by atoms with Crippen LogP contribution in [0, 0.1) is 0 Å². The van der Waals surface area contributed by atoms with E-state index in [-0.39, 0.29) is 18.8 Å². The lowest BCUT2D eigenvalue weighted by Crippen LogP contribution is -2.20. The number of carbonyl (C=O) groups is 1. The number of nitrogens with zero attached hydrogens (tertiary/aromatic N) is 1. The molecule has 5 heteroatoms. The van der Waals surface area contributed by atoms with Crippen molar-refractivity contribution in [2.45, 2.75) is 6.42 Å². The van der Waals surface area contributed by atoms with Crippen molar-refractivity contribution in [1.29, 1.82) is 0 Å². The number of aliphatic hydroxyl groups excluding tert-OH is 1. The van der Waals surface area contributed by atoms with E-state index < -0.39 is 5.91 Å². The molecule has 0 atom stereocenters. The van der Waals surface area contributed by atoms with Gasteiger partial charge in [-0.05, 0) is 23.8 Å². The molecule has 118 valence electrons. The number of aromatic hydroxyl groups is 1. The van der Waals surface area contributed by atoms with Crippen LogP contribution in [0.1, 0.15) is 17.5 Å². The van der Waals surface area contributed by atoms with E-state index in [4.69, 9.17) is 5.11 Å². The smallest absolute Gasteiger partial charge is 0.267 e. The van der Waals surface area contributed by atoms with Gasteiger partial charge in [0.1, 0.15) is 5.75 Å². The van der Waals surface area contributed by atoms with Crippen LogP contribution in [0.2, 0.25) is 0 Å². The molecule has 5 nitrogen and oxygen atoms in total. The number of nitrogens with one attached hydrogen (secondary N) is 1. The first-order chi connectivity index (χ1) is 11.2. The van der Waals surface area contributed by atoms with Crippen LogP contribution in [-0.2, 0) is 4.79 Å². The van der Waals surface area contributed by atoms with Gasteiger partial charge >= 0.3 is 0 Å². The fourth-order valence-corrected chi connectivity index (χ4v) is 1.95. The SMILES string of the molecule is O=C(NN=Cc1ccccc1O)/C(=C/c1ccccc1)CCO. The highest BCUT2D eigenvalue weighted by atomic mass is 16.3. The van der Waals surface area contributed by atoms with Crippen molar-refractivity contribution in [2.75, 3.05) is 6.61 Å². The number of hydrogen-bond acceptors (Lipinski definition) is 4. The molecule has 0 aliphatic carbocycles. The lowest BCUT2D eigenvalue weighted by Gasteiger charge is -2.05. The monoisotopic (exact) mass is 310 g/mol. The van der Waals surface area contributed by atoms with E-state index in [9.17, 15) is 9.90 Å². The molecule has 0 fully saturated rings. The minimum absolute atomic E-state index is 0.0842. The fourth-order valence-electron chi connectivity index (χ4n) is 1.95. The van der Waals surface area contributed by atoms with Gasteiger partial charge in [-0.1, -0.05) is 42.5 Å². The average molecular weight is 310 g/mol. The van der Waals surface area contributed by atoms with Gasteiger partial charge in [0.2, 0.25) is 0 Å². The molecule has 2 rings (SSSR count). The van der Waals surface area contributed by atoms with Crippen molar-refractivity contribution in [3.05, 3.63) is 71.3 Å². The zero-order valence-corrected chi connectivity index (χ0v) is 12.5. The zero-order chi connectivity index (χ0) is 16.5. The maximum Gasteiger partial charge on any atom is 0.267 e. The average Bonchev–Trinajstić information content (AvgIpc) is 2.57. The normalized spacial score (nSPS) is 11.6. The molecule has 0 aliphatic heterocycles. The van der Waals surface area contributed by atoms with Crippen LogP contribution < -0.4 is 5.43 Å². The summed E-state index contributed by atoms with van der Waals surface area (Å²) < 4.78 is 0. The van der Waals surface area contributed by atoms with Crippen LogP contribution >= 0.6 is 0 Å². The van der Waals surface area contributed by atoms with Crippen molar-refractivity contribution in [2.24, 2.45) is 5.10 Å². The van der Waals surface area contributed by atoms with Crippen molar-refractivity contribution in [1.82, 2.24) is 5.43 Å². The highest BCUT2D eigenvalue weighted by Crippen LogP contribution is 2.13. The summed E-state index contributed by atoms with van der Waals surface area (Å²) >= 11 is 0. The Hall–Kier alpha value is -2.92. The first-order valence-corrected chi connectivity index (χ1v) is 7.18. The van der Waals surface area contributed by atoms with Crippen LogP contribution in [0.4, 0.5) is 0 Å². The number of hydrogen-bond donors (Lipinski definition) is 3. The number of para-hydroxylation sites is 1. The Labute approximate surface area is 134 Å². The Morgan fingerprint density at radius 1 is 1.09 bits per heavy atom. The molecule has 0 saturated heterocycles. The van der Waals surface area contributed by atoms with Crippen molar-refractivity contribution < 1.29 is 15.0 Å². The molecule has 2 aromatic rings. The summed E-state index contributed by atoms with van der Waals surface area (Å²) in [6.45, 7) is -0.130. The fraction of sp³-hybridized carbons (Fsp3) is 0.111. The Morgan fingerprint density at radius 2 is 1.78 bits per heavy atom. The van der Waals surface area contributed by atoms with Crippen molar-refractivity contribution in [3.63, 3.8) is 0 Å². The molecule has 0 spiro atoms. The minimum Gasteiger partial charge on any atom is -0.507 e. The van der Waals surface area contributed by atoms with Crippen molar-refractivity contribution in [3.8, 4) is 5.75 Å². The van der Waals surface area contributed by atoms with E-state index in [2.05, 4.69) is 10.5 Å². The molecule has 2 aromatic carbocycles. The molecule has 0 aromatic heterocycles. The zero-order valence-electron chi connectivity index (χ0n) is 12.5. The van der Waals surface area contributed by atoms with Gasteiger partial charge in [-0.15, -0.1) is 0 Å². The van der Waals surface area contributed by atoms with Gasteiger partial charge in [0.25, 0.3) is 5.91 Å². The highest BCUT2D eigenvalue weighted by molar-refractivity contribution is 5.98. The summed E-state index contributed by atoms with van der Waals surface area (Å²) in [6.07, 6.45) is 3.31. The van der Waals surface area contributed by atoms with Crippen LogP contribution in [0.5, 0.6) is 5.75 Å². The molecule has 1 amide bonds. The van der Waals surface area contributed by atoms with E-state index in [1.54, 1.807) is 24.3 Å². The second-order valence-electron chi connectivity index (χ2n) is 4.81. The number of benzene rings is 2. The van der Waals surface area contributed by atoms with Crippen LogP contribution in [0.3, 0.4) is 0 Å². The third-order valence-corrected chi connectivity index (χ3v) is 3.12. The topological polar surface area (TPSA) is 81.9 Å². The molecule has 0 radical (unpaired) electrons. The van der Waals surface area contributed by atoms with Crippen LogP contribution in [0.25, 0.3) is 6.08 Å². The summed E-state index contributed by atoms with van der Waals surface area (Å²) in [5.74, 6) is -0.310. The molecule has 0 unspecified atom stereocenters. The molecule has 0 saturated carbocycles. The number of carbonyl (C=O) groups excluding carboxylic acids is 1. The molecule has 0 heterocycles. The molecular weight excluding hydrogens is 292 g/mol. The Morgan fingerprint density at radius 3 is 2.48 bits per heavy atom. The highest BCUT2D eigenvalue weighted by Gasteiger charge is 2.08. The van der Waals surface area contributed by atoms with Gasteiger partial charge in [-0.3, -0.25) is 4.79 Å². The predicted octanol–water partition coefficient (Wildman–Crippen LogP) is 2.31. The third-order valence-electron chi connectivity index (χ3n) is 3.12. The van der Waals surface area contributed by atoms with E-state index in [0.717, 1.165) is 5.56 Å². The molecule has 0 bridgehead atoms. The van der Waals surface area contributed by atoms with E-state index in [1.165, 1.54) is 12.3 Å². The summed E-state index contributed by atoms with van der Waals surface area (Å²) in [6, 6.07) is 16.1. The summed E-state index contributed by atoms with van der Waals surface area (Å²) in [7, 11) is 0. The van der Waals surface area contributed by atoms with E-state index in [1.807, 2.05) is 30.3 Å². The van der Waals surface area contributed by atoms with Gasteiger partial charge in [0.15, 0.2) is 0 Å². The number of phenols is 1. The summed E-state index contributed by atoms with van der Waals surface area (Å²) in [5.41, 5.74) is 4.20. The molecule has 0 aliphatic rings. The first-order valence-electron chi connectivity index (χ1n) is 7.18. The van der Waals surface area contributed by atoms with Gasteiger partial charge in [-0.25, -0.2) is 5.43 Å². The third kappa shape index (κ3) is 5.09. The van der Waals surface area contributed by atoms with E-state index >= 15 is 0 Å². The number of phenolic OH excluding ortho intramolecular Hbond substituents is 1. The minimum atomic E-state index is -0.394. The van der Waals surface area contributed by atoms with Gasteiger partial charge in [-0.2, -0.15) is 5.10 Å². The molecular formula is C18H18N2O3. The van der Waals surface area contributed by atoms with Crippen molar-refractivity contribution >= 4 is 18.2 Å². The Bertz CT molecular complexity index is 709. The number of aliphatic hydroxyl groups is 1. The standard InChI is InChI=1S/C18H18N2O3/c21-11-10-15(12-14-6-2-1-3-7-14)18(23)20-19-13-16-8-4-5-9-17(16)22/h1-9,12-13,21-22H,10-11H2,(H,20,23)/b15-12+,19-13?. The first kappa shape index (κ1) is 16.5. The maximum atomic E-state index is 12.1. The molecule has 3 N–H and O–H groups in total. The van der Waals surface area contributed by atoms with Gasteiger partial charge in [0, 0.05) is 24.2 Å². The van der Waals surface area contributed by atoms with Gasteiger partial charge in [0.05, 0.1) is 6.21 Å². The summed E-state index contributed by atoms with van der Waals surface area (Å²) in [5, 5.41) is 22.6. The second-order valence-corrected chi connectivity index (χ2v) is 4.81. The second kappa shape index (κ2) is 8.51. The van der Waals surface area contributed by atoms with Crippen LogP contribution in [0.15, 0.2) is 65.3 Å². The number of amides is 1. The predicted molar refractivity (Wildman–Crippen MR) is 90.0 cm³/mol. The maximum absolute atomic E-state index is 12.1.